The van der Waals surface area contributed by atoms with Gasteiger partial charge in [0.05, 0.1) is 18.8 Å². The zero-order chi connectivity index (χ0) is 18.1. The van der Waals surface area contributed by atoms with Crippen molar-refractivity contribution in [1.29, 1.82) is 0 Å². The number of fused-ring (bicyclic) bond motifs is 1. The topological polar surface area (TPSA) is 77.3 Å². The molecule has 0 radical (unpaired) electrons. The molecule has 0 atom stereocenters. The number of methoxy groups -OCH3 is 1. The Morgan fingerprint density at radius 2 is 2.08 bits per heavy atom. The normalized spacial score (nSPS) is 14.1. The van der Waals surface area contributed by atoms with E-state index in [9.17, 15) is 9.59 Å². The van der Waals surface area contributed by atoms with E-state index >= 15 is 0 Å². The maximum Gasteiger partial charge on any atom is 0.263 e. The molecule has 1 aliphatic heterocycles. The number of nitrogens with zero attached hydrogens (tertiary/aromatic N) is 4. The minimum atomic E-state index is -0.199. The maximum absolute atomic E-state index is 13.0. The molecule has 3 aromatic heterocycles. The number of thiophene rings is 1. The van der Waals surface area contributed by atoms with Crippen molar-refractivity contribution in [3.8, 4) is 17.0 Å². The maximum atomic E-state index is 13.0. The molecule has 1 fully saturated rings. The Hall–Kier alpha value is -2.74. The highest BCUT2D eigenvalue weighted by Gasteiger charge is 2.20. The van der Waals surface area contributed by atoms with Crippen LogP contribution in [0.15, 0.2) is 34.8 Å². The molecule has 1 amide bonds. The van der Waals surface area contributed by atoms with Gasteiger partial charge in [-0.25, -0.2) is 9.97 Å². The fraction of sp³-hybridized carbons (Fsp3) is 0.333. The van der Waals surface area contributed by atoms with Crippen molar-refractivity contribution in [1.82, 2.24) is 19.4 Å². The number of ether oxygens (including phenoxy) is 1. The largest absolute Gasteiger partial charge is 0.481 e. The average Bonchev–Trinajstić information content (AvgIpc) is 3.34. The highest BCUT2D eigenvalue weighted by Crippen LogP contribution is 2.30. The molecule has 4 heterocycles. The minimum absolute atomic E-state index is 0.0257. The SMILES string of the molecule is COc1ccc(-c2csc3ncn(CC(=O)N4CCCC4)c(=O)c23)cn1. The number of hydrogen-bond acceptors (Lipinski definition) is 6. The van der Waals surface area contributed by atoms with Gasteiger partial charge in [-0.2, -0.15) is 0 Å². The summed E-state index contributed by atoms with van der Waals surface area (Å²) in [5, 5.41) is 2.42. The zero-order valence-electron chi connectivity index (χ0n) is 14.3. The molecule has 7 nitrogen and oxygen atoms in total. The van der Waals surface area contributed by atoms with Crippen molar-refractivity contribution >= 4 is 27.5 Å². The summed E-state index contributed by atoms with van der Waals surface area (Å²) in [7, 11) is 1.56. The first kappa shape index (κ1) is 16.7. The molecular formula is C18H18N4O3S. The van der Waals surface area contributed by atoms with Crippen LogP contribution in [0.4, 0.5) is 0 Å². The van der Waals surface area contributed by atoms with Crippen LogP contribution in [0.25, 0.3) is 21.3 Å². The molecule has 4 rings (SSSR count). The van der Waals surface area contributed by atoms with Gasteiger partial charge in [-0.15, -0.1) is 11.3 Å². The summed E-state index contributed by atoms with van der Waals surface area (Å²) in [6.45, 7) is 1.56. The molecule has 1 aliphatic rings. The molecule has 0 unspecified atom stereocenters. The number of amides is 1. The van der Waals surface area contributed by atoms with E-state index < -0.39 is 0 Å². The summed E-state index contributed by atoms with van der Waals surface area (Å²) in [4.78, 5) is 36.4. The third-order valence-corrected chi connectivity index (χ3v) is 5.47. The Bertz CT molecular complexity index is 1000. The van der Waals surface area contributed by atoms with Gasteiger partial charge in [0.1, 0.15) is 11.4 Å². The van der Waals surface area contributed by atoms with Crippen LogP contribution < -0.4 is 10.3 Å². The molecule has 0 saturated carbocycles. The van der Waals surface area contributed by atoms with Crippen LogP contribution in [0.3, 0.4) is 0 Å². The predicted molar refractivity (Wildman–Crippen MR) is 99.5 cm³/mol. The van der Waals surface area contributed by atoms with Crippen LogP contribution in [0.1, 0.15) is 12.8 Å². The van der Waals surface area contributed by atoms with Crippen LogP contribution in [0.2, 0.25) is 0 Å². The number of rotatable bonds is 4. The molecular weight excluding hydrogens is 352 g/mol. The quantitative estimate of drug-likeness (QED) is 0.703. The summed E-state index contributed by atoms with van der Waals surface area (Å²) in [6, 6.07) is 3.62. The fourth-order valence-corrected chi connectivity index (χ4v) is 4.07. The van der Waals surface area contributed by atoms with Crippen LogP contribution in [-0.4, -0.2) is 45.5 Å². The van der Waals surface area contributed by atoms with E-state index in [2.05, 4.69) is 9.97 Å². The molecule has 0 bridgehead atoms. The van der Waals surface area contributed by atoms with Crippen LogP contribution >= 0.6 is 11.3 Å². The smallest absolute Gasteiger partial charge is 0.263 e. The lowest BCUT2D eigenvalue weighted by Gasteiger charge is -2.15. The summed E-state index contributed by atoms with van der Waals surface area (Å²) in [6.07, 6.45) is 5.19. The van der Waals surface area contributed by atoms with E-state index in [1.165, 1.54) is 22.2 Å². The van der Waals surface area contributed by atoms with Crippen LogP contribution in [0, 0.1) is 0 Å². The Morgan fingerprint density at radius 3 is 2.77 bits per heavy atom. The van der Waals surface area contributed by atoms with Crippen molar-refractivity contribution in [2.45, 2.75) is 19.4 Å². The van der Waals surface area contributed by atoms with Gasteiger partial charge in [0, 0.05) is 41.9 Å². The van der Waals surface area contributed by atoms with E-state index in [0.717, 1.165) is 37.1 Å². The van der Waals surface area contributed by atoms with Gasteiger partial charge in [-0.3, -0.25) is 14.2 Å². The first-order valence-corrected chi connectivity index (χ1v) is 9.30. The highest BCUT2D eigenvalue weighted by atomic mass is 32.1. The van der Waals surface area contributed by atoms with Gasteiger partial charge in [-0.05, 0) is 18.9 Å². The molecule has 0 N–H and O–H groups in total. The van der Waals surface area contributed by atoms with Crippen molar-refractivity contribution in [2.24, 2.45) is 0 Å². The second-order valence-electron chi connectivity index (χ2n) is 6.18. The summed E-state index contributed by atoms with van der Waals surface area (Å²) < 4.78 is 6.48. The second kappa shape index (κ2) is 6.87. The third-order valence-electron chi connectivity index (χ3n) is 4.58. The first-order valence-electron chi connectivity index (χ1n) is 8.42. The van der Waals surface area contributed by atoms with Crippen LogP contribution in [-0.2, 0) is 11.3 Å². The van der Waals surface area contributed by atoms with Crippen molar-refractivity contribution in [3.05, 3.63) is 40.4 Å². The second-order valence-corrected chi connectivity index (χ2v) is 7.04. The lowest BCUT2D eigenvalue weighted by molar-refractivity contribution is -0.130. The molecule has 26 heavy (non-hydrogen) atoms. The lowest BCUT2D eigenvalue weighted by atomic mass is 10.1. The standard InChI is InChI=1S/C18H18N4O3S/c1-25-14-5-4-12(8-19-14)13-10-26-17-16(13)18(24)22(11-20-17)9-15(23)21-6-2-3-7-21/h4-5,8,10-11H,2-3,6-7,9H2,1H3. The van der Waals surface area contributed by atoms with Gasteiger partial charge in [0.25, 0.3) is 5.56 Å². The molecule has 134 valence electrons. The fourth-order valence-electron chi connectivity index (χ4n) is 3.17. The Balaban J connectivity index is 1.71. The number of likely N-dealkylation sites (tertiary alicyclic amines) is 1. The third kappa shape index (κ3) is 2.96. The number of carbonyl (C=O) groups is 1. The van der Waals surface area contributed by atoms with E-state index in [0.29, 0.717) is 16.1 Å². The van der Waals surface area contributed by atoms with E-state index in [-0.39, 0.29) is 18.0 Å². The van der Waals surface area contributed by atoms with E-state index in [1.54, 1.807) is 24.3 Å². The summed E-state index contributed by atoms with van der Waals surface area (Å²) >= 11 is 1.41. The van der Waals surface area contributed by atoms with Gasteiger partial charge in [-0.1, -0.05) is 0 Å². The Morgan fingerprint density at radius 1 is 1.27 bits per heavy atom. The van der Waals surface area contributed by atoms with Gasteiger partial charge < -0.3 is 9.64 Å². The minimum Gasteiger partial charge on any atom is -0.481 e. The van der Waals surface area contributed by atoms with Crippen molar-refractivity contribution in [3.63, 3.8) is 0 Å². The first-order chi connectivity index (χ1) is 12.7. The lowest BCUT2D eigenvalue weighted by Crippen LogP contribution is -2.34. The summed E-state index contributed by atoms with van der Waals surface area (Å²) in [5.41, 5.74) is 1.40. The highest BCUT2D eigenvalue weighted by molar-refractivity contribution is 7.17. The molecule has 8 heteroatoms. The zero-order valence-corrected chi connectivity index (χ0v) is 15.2. The Kier molecular flexibility index (Phi) is 4.42. The van der Waals surface area contributed by atoms with Gasteiger partial charge in [0.15, 0.2) is 0 Å². The number of carbonyl (C=O) groups excluding carboxylic acids is 1. The average molecular weight is 370 g/mol. The number of pyridine rings is 1. The van der Waals surface area contributed by atoms with Gasteiger partial charge in [0.2, 0.25) is 11.8 Å². The van der Waals surface area contributed by atoms with E-state index in [4.69, 9.17) is 4.74 Å². The van der Waals surface area contributed by atoms with E-state index in [1.807, 2.05) is 11.4 Å². The number of hydrogen-bond donors (Lipinski definition) is 0. The van der Waals surface area contributed by atoms with Gasteiger partial charge >= 0.3 is 0 Å². The van der Waals surface area contributed by atoms with Crippen molar-refractivity contribution in [2.75, 3.05) is 20.2 Å². The molecule has 1 saturated heterocycles. The van der Waals surface area contributed by atoms with Crippen molar-refractivity contribution < 1.29 is 9.53 Å². The molecule has 0 aromatic carbocycles. The van der Waals surface area contributed by atoms with Crippen LogP contribution in [0.5, 0.6) is 5.88 Å². The molecule has 3 aromatic rings. The molecule has 0 spiro atoms. The predicted octanol–water partition coefficient (Wildman–Crippen LogP) is 2.15. The summed E-state index contributed by atoms with van der Waals surface area (Å²) in [5.74, 6) is 0.480. The Labute approximate surface area is 153 Å². The monoisotopic (exact) mass is 370 g/mol. The molecule has 0 aliphatic carbocycles. The number of aromatic nitrogens is 3.